The molecule has 1 atom stereocenters. The van der Waals surface area contributed by atoms with Gasteiger partial charge in [-0.25, -0.2) is 9.13 Å². The number of allylic oxidation sites excluding steroid dienone is 2. The molecule has 0 spiro atoms. The molecule has 24 heavy (non-hydrogen) atoms. The summed E-state index contributed by atoms with van der Waals surface area (Å²) in [5.41, 5.74) is 0.612. The molecular weight excluding hydrogens is 354 g/mol. The van der Waals surface area contributed by atoms with E-state index in [1.165, 1.54) is 31.8 Å². The van der Waals surface area contributed by atoms with Gasteiger partial charge in [0.15, 0.2) is 0 Å². The Bertz CT molecular complexity index is 470. The van der Waals surface area contributed by atoms with Crippen LogP contribution in [0.15, 0.2) is 24.5 Å². The molecule has 9 heteroatoms. The van der Waals surface area contributed by atoms with Crippen molar-refractivity contribution < 1.29 is 32.3 Å². The van der Waals surface area contributed by atoms with E-state index in [1.807, 2.05) is 0 Å². The van der Waals surface area contributed by atoms with Crippen molar-refractivity contribution in [3.8, 4) is 0 Å². The van der Waals surface area contributed by atoms with E-state index in [4.69, 9.17) is 18.8 Å². The highest BCUT2D eigenvalue weighted by Crippen LogP contribution is 2.61. The summed E-state index contributed by atoms with van der Waals surface area (Å²) in [6.45, 7) is 7.46. The van der Waals surface area contributed by atoms with Crippen LogP contribution in [0.5, 0.6) is 0 Å². The summed E-state index contributed by atoms with van der Waals surface area (Å²) in [5, 5.41) is 0. The van der Waals surface area contributed by atoms with Gasteiger partial charge in [-0.2, -0.15) is 4.31 Å². The Hall–Kier alpha value is -0.420. The van der Waals surface area contributed by atoms with E-state index in [0.717, 1.165) is 25.5 Å². The minimum absolute atomic E-state index is 0.0349. The molecule has 0 saturated heterocycles. The molecule has 142 valence electrons. The molecule has 0 aromatic rings. The van der Waals surface area contributed by atoms with Crippen molar-refractivity contribution >= 4 is 15.6 Å². The summed E-state index contributed by atoms with van der Waals surface area (Å²) >= 11 is 0. The van der Waals surface area contributed by atoms with Crippen molar-refractivity contribution in [3.63, 3.8) is 0 Å². The van der Waals surface area contributed by atoms with Gasteiger partial charge in [0.1, 0.15) is 0 Å². The van der Waals surface area contributed by atoms with Gasteiger partial charge < -0.3 is 14.3 Å². The second-order valence-corrected chi connectivity index (χ2v) is 8.58. The Morgan fingerprint density at radius 2 is 1.58 bits per heavy atom. The van der Waals surface area contributed by atoms with Crippen LogP contribution in [0, 0.1) is 0 Å². The summed E-state index contributed by atoms with van der Waals surface area (Å²) in [6.07, 6.45) is 10.9. The van der Waals surface area contributed by atoms with Crippen molar-refractivity contribution in [2.24, 2.45) is 0 Å². The molecule has 0 aliphatic heterocycles. The molecule has 1 unspecified atom stereocenters. The van der Waals surface area contributed by atoms with Gasteiger partial charge in [-0.15, -0.1) is 0 Å². The maximum Gasteiger partial charge on any atom is 0.538 e. The Morgan fingerprint density at radius 1 is 1.04 bits per heavy atom. The van der Waals surface area contributed by atoms with Crippen LogP contribution in [-0.2, 0) is 22.5 Å². The van der Waals surface area contributed by atoms with Crippen molar-refractivity contribution in [1.82, 2.24) is 0 Å². The topological polar surface area (TPSA) is 102 Å². The van der Waals surface area contributed by atoms with Crippen LogP contribution in [0.25, 0.3) is 0 Å². The van der Waals surface area contributed by atoms with Gasteiger partial charge >= 0.3 is 15.6 Å². The Morgan fingerprint density at radius 3 is 2.08 bits per heavy atom. The zero-order chi connectivity index (χ0) is 18.5. The van der Waals surface area contributed by atoms with Gasteiger partial charge in [0.2, 0.25) is 0 Å². The van der Waals surface area contributed by atoms with Crippen LogP contribution >= 0.6 is 15.6 Å². The third-order valence-electron chi connectivity index (χ3n) is 3.00. The zero-order valence-corrected chi connectivity index (χ0v) is 16.3. The lowest BCUT2D eigenvalue weighted by Crippen LogP contribution is -1.98. The zero-order valence-electron chi connectivity index (χ0n) is 14.6. The second kappa shape index (κ2) is 12.9. The van der Waals surface area contributed by atoms with Gasteiger partial charge in [-0.1, -0.05) is 64.0 Å². The highest BCUT2D eigenvalue weighted by molar-refractivity contribution is 7.61. The van der Waals surface area contributed by atoms with E-state index < -0.39 is 15.6 Å². The third kappa shape index (κ3) is 15.1. The molecule has 2 N–H and O–H groups in total. The summed E-state index contributed by atoms with van der Waals surface area (Å²) in [6, 6.07) is 0. The Kier molecular flexibility index (Phi) is 12.6. The quantitative estimate of drug-likeness (QED) is 0.167. The number of rotatable bonds is 15. The second-order valence-electron chi connectivity index (χ2n) is 5.58. The first-order valence-corrected chi connectivity index (χ1v) is 11.2. The van der Waals surface area contributed by atoms with Gasteiger partial charge in [-0.3, -0.25) is 4.52 Å². The highest BCUT2D eigenvalue weighted by atomic mass is 31.3. The lowest BCUT2D eigenvalue weighted by atomic mass is 10.1. The fourth-order valence-corrected chi connectivity index (χ4v) is 3.85. The van der Waals surface area contributed by atoms with E-state index >= 15 is 0 Å². The van der Waals surface area contributed by atoms with Crippen LogP contribution < -0.4 is 0 Å². The van der Waals surface area contributed by atoms with Gasteiger partial charge in [0.05, 0.1) is 12.9 Å². The number of phosphoric acid groups is 2. The fourth-order valence-electron chi connectivity index (χ4n) is 1.84. The minimum atomic E-state index is -5.00. The lowest BCUT2D eigenvalue weighted by Gasteiger charge is -2.16. The molecule has 0 aromatic heterocycles. The Labute approximate surface area is 144 Å². The van der Waals surface area contributed by atoms with Crippen LogP contribution in [-0.4, -0.2) is 16.4 Å². The monoisotopic (exact) mass is 384 g/mol. The molecule has 0 aliphatic rings. The lowest BCUT2D eigenvalue weighted by molar-refractivity contribution is 0.168. The summed E-state index contributed by atoms with van der Waals surface area (Å²) in [7, 11) is -9.36. The average Bonchev–Trinajstić information content (AvgIpc) is 2.43. The van der Waals surface area contributed by atoms with Crippen molar-refractivity contribution in [1.29, 1.82) is 0 Å². The molecule has 0 aromatic carbocycles. The minimum Gasteiger partial charge on any atom is -0.412 e. The highest BCUT2D eigenvalue weighted by Gasteiger charge is 2.36. The first-order valence-electron chi connectivity index (χ1n) is 8.20. The summed E-state index contributed by atoms with van der Waals surface area (Å²) in [5.74, 6) is 0. The molecule has 0 saturated carbocycles. The van der Waals surface area contributed by atoms with Crippen molar-refractivity contribution in [2.45, 2.75) is 65.2 Å². The molecule has 0 aliphatic carbocycles. The van der Waals surface area contributed by atoms with E-state index in [2.05, 4.69) is 17.8 Å². The normalized spacial score (nSPS) is 14.7. The van der Waals surface area contributed by atoms with Crippen LogP contribution in [0.4, 0.5) is 0 Å². The van der Waals surface area contributed by atoms with Crippen molar-refractivity contribution in [3.05, 3.63) is 24.5 Å². The number of hydrogen-bond donors (Lipinski definition) is 2. The first-order chi connectivity index (χ1) is 11.2. The van der Waals surface area contributed by atoms with E-state index in [-0.39, 0.29) is 6.61 Å². The van der Waals surface area contributed by atoms with Gasteiger partial charge in [0, 0.05) is 0 Å². The standard InChI is InChI=1S/C15H30O7P2/c1-4-5-6-7-8-9-10-11-13-20-24(19,22-23(16,17)18)21-14-12-15(2)3/h12,14H,2,4-11,13H2,1,3H3,(H2,16,17,18). The predicted molar refractivity (Wildman–Crippen MR) is 94.3 cm³/mol. The van der Waals surface area contributed by atoms with Crippen LogP contribution in [0.3, 0.4) is 0 Å². The Balaban J connectivity index is 4.16. The third-order valence-corrected chi connectivity index (χ3v) is 5.53. The predicted octanol–water partition coefficient (Wildman–Crippen LogP) is 5.47. The fraction of sp³-hybridized carbons (Fsp3) is 0.733. The molecule has 7 nitrogen and oxygen atoms in total. The number of hydrogen-bond acceptors (Lipinski definition) is 5. The molecular formula is C15H30O7P2. The smallest absolute Gasteiger partial charge is 0.412 e. The maximum absolute atomic E-state index is 12.2. The molecule has 0 bridgehead atoms. The van der Waals surface area contributed by atoms with Crippen LogP contribution in [0.2, 0.25) is 0 Å². The summed E-state index contributed by atoms with van der Waals surface area (Å²) < 4.78 is 37.0. The maximum atomic E-state index is 12.2. The van der Waals surface area contributed by atoms with Crippen LogP contribution in [0.1, 0.15) is 65.2 Å². The molecule has 0 heterocycles. The average molecular weight is 384 g/mol. The molecule has 0 radical (unpaired) electrons. The molecule has 0 amide bonds. The van der Waals surface area contributed by atoms with E-state index in [0.29, 0.717) is 12.0 Å². The van der Waals surface area contributed by atoms with E-state index in [1.54, 1.807) is 6.92 Å². The van der Waals surface area contributed by atoms with E-state index in [9.17, 15) is 9.13 Å². The van der Waals surface area contributed by atoms with Crippen molar-refractivity contribution in [2.75, 3.05) is 6.61 Å². The largest absolute Gasteiger partial charge is 0.538 e. The molecule has 0 fully saturated rings. The number of phosphoric ester groups is 1. The number of unbranched alkanes of at least 4 members (excludes halogenated alkanes) is 7. The molecule has 0 rings (SSSR count). The van der Waals surface area contributed by atoms with Gasteiger partial charge in [0.25, 0.3) is 0 Å². The van der Waals surface area contributed by atoms with Gasteiger partial charge in [-0.05, 0) is 19.4 Å². The SMILES string of the molecule is C=C(C)C=COP(=O)(OCCCCCCCCCC)OP(=O)(O)O. The first kappa shape index (κ1) is 23.6. The summed E-state index contributed by atoms with van der Waals surface area (Å²) in [4.78, 5) is 17.6.